The van der Waals surface area contributed by atoms with Crippen molar-refractivity contribution in [3.05, 3.63) is 92.8 Å². The molecule has 0 saturated carbocycles. The minimum Gasteiger partial charge on any atom is -0.379 e. The van der Waals surface area contributed by atoms with Crippen molar-refractivity contribution in [3.63, 3.8) is 0 Å². The third-order valence-electron chi connectivity index (χ3n) is 5.06. The van der Waals surface area contributed by atoms with Gasteiger partial charge in [-0.05, 0) is 77.5 Å². The fourth-order valence-corrected chi connectivity index (χ4v) is 5.55. The Morgan fingerprint density at radius 1 is 1.03 bits per heavy atom. The molecule has 1 aliphatic rings. The molecule has 1 fully saturated rings. The van der Waals surface area contributed by atoms with Crippen LogP contribution in [-0.4, -0.2) is 30.4 Å². The van der Waals surface area contributed by atoms with E-state index in [9.17, 15) is 22.8 Å². The number of hydrogen-bond acceptors (Lipinski definition) is 7. The quantitative estimate of drug-likeness (QED) is 0.273. The van der Waals surface area contributed by atoms with Crippen LogP contribution in [0, 0.1) is 0 Å². The van der Waals surface area contributed by atoms with Crippen LogP contribution in [0.1, 0.15) is 18.1 Å². The number of rotatable bonds is 7. The second kappa shape index (κ2) is 11.0. The van der Waals surface area contributed by atoms with Gasteiger partial charge in [0, 0.05) is 22.7 Å². The highest BCUT2D eigenvalue weighted by Crippen LogP contribution is 2.35. The molecule has 0 atom stereocenters. The molecule has 4 rings (SSSR count). The molecule has 3 amide bonds. The van der Waals surface area contributed by atoms with Crippen molar-refractivity contribution in [1.29, 1.82) is 0 Å². The summed E-state index contributed by atoms with van der Waals surface area (Å²) in [4.78, 5) is 37.6. The Morgan fingerprint density at radius 2 is 1.70 bits per heavy atom. The fraction of sp³-hybridized carbons (Fsp3) is 0.0800. The summed E-state index contributed by atoms with van der Waals surface area (Å²) >= 11 is 12.9. The number of thioether (sulfide) groups is 1. The van der Waals surface area contributed by atoms with Gasteiger partial charge in [0.1, 0.15) is 10.6 Å². The van der Waals surface area contributed by atoms with E-state index in [0.717, 1.165) is 16.7 Å². The van der Waals surface area contributed by atoms with Crippen molar-refractivity contribution < 1.29 is 27.0 Å². The Balaban J connectivity index is 1.44. The smallest absolute Gasteiger partial charge is 0.339 e. The first-order chi connectivity index (χ1) is 17.5. The maximum Gasteiger partial charge on any atom is 0.339 e. The molecule has 3 aromatic rings. The molecule has 0 radical (unpaired) electrons. The number of hydrogen-bond donors (Lipinski definition) is 1. The van der Waals surface area contributed by atoms with E-state index in [1.54, 1.807) is 24.3 Å². The Morgan fingerprint density at radius 3 is 2.32 bits per heavy atom. The maximum absolute atomic E-state index is 12.8. The monoisotopic (exact) mass is 576 g/mol. The van der Waals surface area contributed by atoms with Crippen molar-refractivity contribution in [1.82, 2.24) is 4.90 Å². The molecule has 12 heteroatoms. The largest absolute Gasteiger partial charge is 0.379 e. The fourth-order valence-electron chi connectivity index (χ4n) is 3.31. The highest BCUT2D eigenvalue weighted by Gasteiger charge is 2.35. The van der Waals surface area contributed by atoms with Gasteiger partial charge in [0.2, 0.25) is 5.91 Å². The third-order valence-corrected chi connectivity index (χ3v) is 7.82. The summed E-state index contributed by atoms with van der Waals surface area (Å²) < 4.78 is 30.3. The molecule has 3 aromatic carbocycles. The zero-order valence-corrected chi connectivity index (χ0v) is 22.2. The molecule has 1 N–H and O–H groups in total. The van der Waals surface area contributed by atoms with Crippen LogP contribution in [0.2, 0.25) is 10.0 Å². The molecule has 1 heterocycles. The minimum atomic E-state index is -4.11. The van der Waals surface area contributed by atoms with E-state index in [0.29, 0.717) is 26.9 Å². The number of halogens is 2. The van der Waals surface area contributed by atoms with Crippen molar-refractivity contribution in [2.75, 3.05) is 5.32 Å². The predicted octanol–water partition coefficient (Wildman–Crippen LogP) is 5.96. The normalized spacial score (nSPS) is 14.8. The molecular weight excluding hydrogens is 559 g/mol. The van der Waals surface area contributed by atoms with Gasteiger partial charge < -0.3 is 9.50 Å². The molecule has 37 heavy (non-hydrogen) atoms. The molecule has 0 unspecified atom stereocenters. The van der Waals surface area contributed by atoms with Crippen LogP contribution in [0.5, 0.6) is 5.75 Å². The Kier molecular flexibility index (Phi) is 7.93. The number of nitrogens with zero attached hydrogens (tertiary/aromatic N) is 1. The first-order valence-electron chi connectivity index (χ1n) is 10.6. The van der Waals surface area contributed by atoms with Crippen molar-refractivity contribution >= 4 is 73.9 Å². The first kappa shape index (κ1) is 26.7. The molecule has 1 aliphatic heterocycles. The first-order valence-corrected chi connectivity index (χ1v) is 13.6. The van der Waals surface area contributed by atoms with E-state index in [1.807, 2.05) is 0 Å². The molecule has 190 valence electrons. The second-order valence-electron chi connectivity index (χ2n) is 7.82. The van der Waals surface area contributed by atoms with Gasteiger partial charge in [-0.25, -0.2) is 0 Å². The molecular formula is C25H18Cl2N2O6S2. The standard InChI is InChI=1S/C25H18Cl2N2O6S2/c1-15(30)28-19-6-10-21(11-7-19)37(33,34)35-20-8-2-16(3-9-20)12-23-24(31)29(25(32)36-23)14-17-4-5-18(26)13-22(17)27/h2-13H,14H2,1H3,(H,28,30)/b23-12-. The second-order valence-corrected chi connectivity index (χ2v) is 11.2. The number of carbonyl (C=O) groups is 3. The van der Waals surface area contributed by atoms with Crippen LogP contribution >= 0.6 is 35.0 Å². The third kappa shape index (κ3) is 6.53. The molecule has 0 bridgehead atoms. The van der Waals surface area contributed by atoms with Gasteiger partial charge in [0.15, 0.2) is 0 Å². The molecule has 0 aromatic heterocycles. The van der Waals surface area contributed by atoms with Gasteiger partial charge in [-0.15, -0.1) is 0 Å². The van der Waals surface area contributed by atoms with Crippen molar-refractivity contribution in [2.45, 2.75) is 18.4 Å². The molecule has 0 spiro atoms. The summed E-state index contributed by atoms with van der Waals surface area (Å²) in [5, 5.41) is 2.92. The molecule has 0 aliphatic carbocycles. The van der Waals surface area contributed by atoms with Gasteiger partial charge in [0.05, 0.1) is 11.4 Å². The SMILES string of the molecule is CC(=O)Nc1ccc(S(=O)(=O)Oc2ccc(/C=C3\SC(=O)N(Cc4ccc(Cl)cc4Cl)C3=O)cc2)cc1. The van der Waals surface area contributed by atoms with E-state index in [-0.39, 0.29) is 28.0 Å². The van der Waals surface area contributed by atoms with E-state index < -0.39 is 21.3 Å². The number of anilines is 1. The minimum absolute atomic E-state index is 0.00837. The van der Waals surface area contributed by atoms with E-state index in [4.69, 9.17) is 27.4 Å². The summed E-state index contributed by atoms with van der Waals surface area (Å²) in [6, 6.07) is 16.4. The zero-order chi connectivity index (χ0) is 26.7. The highest BCUT2D eigenvalue weighted by atomic mass is 35.5. The summed E-state index contributed by atoms with van der Waals surface area (Å²) in [5.74, 6) is -0.678. The Bertz CT molecular complexity index is 1520. The van der Waals surface area contributed by atoms with E-state index in [2.05, 4.69) is 5.32 Å². The number of benzene rings is 3. The predicted molar refractivity (Wildman–Crippen MR) is 143 cm³/mol. The average Bonchev–Trinajstić information content (AvgIpc) is 3.09. The lowest BCUT2D eigenvalue weighted by molar-refractivity contribution is -0.123. The molecule has 1 saturated heterocycles. The average molecular weight is 577 g/mol. The van der Waals surface area contributed by atoms with Gasteiger partial charge in [-0.2, -0.15) is 8.42 Å². The Labute approximate surface area is 227 Å². The van der Waals surface area contributed by atoms with Gasteiger partial charge in [0.25, 0.3) is 11.1 Å². The molecule has 8 nitrogen and oxygen atoms in total. The summed E-state index contributed by atoms with van der Waals surface area (Å²) in [6.07, 6.45) is 1.54. The van der Waals surface area contributed by atoms with Crippen LogP contribution < -0.4 is 9.50 Å². The van der Waals surface area contributed by atoms with Crippen LogP contribution in [-0.2, 0) is 26.3 Å². The van der Waals surface area contributed by atoms with E-state index >= 15 is 0 Å². The van der Waals surface area contributed by atoms with Crippen LogP contribution in [0.3, 0.4) is 0 Å². The Hall–Kier alpha value is -3.31. The van der Waals surface area contributed by atoms with Crippen LogP contribution in [0.25, 0.3) is 6.08 Å². The maximum atomic E-state index is 12.8. The number of imide groups is 1. The summed E-state index contributed by atoms with van der Waals surface area (Å²) in [7, 11) is -4.11. The van der Waals surface area contributed by atoms with E-state index in [1.165, 1.54) is 55.5 Å². The lowest BCUT2D eigenvalue weighted by Crippen LogP contribution is -2.27. The van der Waals surface area contributed by atoms with Crippen molar-refractivity contribution in [2.24, 2.45) is 0 Å². The highest BCUT2D eigenvalue weighted by molar-refractivity contribution is 8.18. The summed E-state index contributed by atoms with van der Waals surface area (Å²) in [5.41, 5.74) is 1.61. The summed E-state index contributed by atoms with van der Waals surface area (Å²) in [6.45, 7) is 1.36. The number of carbonyl (C=O) groups excluding carboxylic acids is 3. The topological polar surface area (TPSA) is 110 Å². The lowest BCUT2D eigenvalue weighted by Gasteiger charge is -2.13. The van der Waals surface area contributed by atoms with Gasteiger partial charge in [-0.1, -0.05) is 41.4 Å². The van der Waals surface area contributed by atoms with Crippen LogP contribution in [0.15, 0.2) is 76.5 Å². The zero-order valence-electron chi connectivity index (χ0n) is 19.1. The van der Waals surface area contributed by atoms with Crippen molar-refractivity contribution in [3.8, 4) is 5.75 Å². The van der Waals surface area contributed by atoms with Crippen LogP contribution in [0.4, 0.5) is 10.5 Å². The lowest BCUT2D eigenvalue weighted by atomic mass is 10.2. The number of nitrogens with one attached hydrogen (secondary N) is 1. The van der Waals surface area contributed by atoms with Gasteiger partial charge >= 0.3 is 10.1 Å². The van der Waals surface area contributed by atoms with Gasteiger partial charge in [-0.3, -0.25) is 19.3 Å². The number of amides is 3.